The molecule has 1 saturated carbocycles. The molecule has 0 amide bonds. The van der Waals surface area contributed by atoms with Gasteiger partial charge >= 0.3 is 0 Å². The van der Waals surface area contributed by atoms with E-state index in [0.29, 0.717) is 18.0 Å². The molecule has 0 radical (unpaired) electrons. The van der Waals surface area contributed by atoms with Gasteiger partial charge in [-0.05, 0) is 12.8 Å². The molecule has 4 rings (SSSR count). The van der Waals surface area contributed by atoms with Gasteiger partial charge in [0.1, 0.15) is 5.82 Å². The zero-order valence-corrected chi connectivity index (χ0v) is 14.3. The van der Waals surface area contributed by atoms with Crippen molar-refractivity contribution in [3.8, 4) is 0 Å². The second kappa shape index (κ2) is 6.30. The van der Waals surface area contributed by atoms with Crippen LogP contribution in [0.1, 0.15) is 42.4 Å². The largest absolute Gasteiger partial charge is 0.379 e. The number of hydrogen-bond donors (Lipinski definition) is 0. The van der Waals surface area contributed by atoms with Crippen LogP contribution in [0.3, 0.4) is 0 Å². The van der Waals surface area contributed by atoms with Crippen molar-refractivity contribution >= 4 is 21.7 Å². The molecule has 2 aromatic heterocycles. The second-order valence-electron chi connectivity index (χ2n) is 6.47. The third-order valence-corrected chi connectivity index (χ3v) is 6.04. The minimum atomic E-state index is -0.0150. The van der Waals surface area contributed by atoms with Crippen LogP contribution >= 0.6 is 11.3 Å². The smallest absolute Gasteiger partial charge is 0.280 e. The summed E-state index contributed by atoms with van der Waals surface area (Å²) >= 11 is 1.61. The summed E-state index contributed by atoms with van der Waals surface area (Å²) in [5.41, 5.74) is 0.531. The van der Waals surface area contributed by atoms with E-state index >= 15 is 0 Å². The molecule has 23 heavy (non-hydrogen) atoms. The average Bonchev–Trinajstić information content (AvgIpc) is 3.22. The van der Waals surface area contributed by atoms with E-state index in [2.05, 4.69) is 9.88 Å². The van der Waals surface area contributed by atoms with Crippen molar-refractivity contribution in [1.29, 1.82) is 0 Å². The maximum atomic E-state index is 12.6. The SMILES string of the molecule is Cn1c(CN2CCOCC2)nc2sc(C3CCCC3)nc2c1=O. The molecule has 2 fully saturated rings. The summed E-state index contributed by atoms with van der Waals surface area (Å²) in [5, 5.41) is 1.10. The third kappa shape index (κ3) is 2.93. The minimum absolute atomic E-state index is 0.0150. The number of hydrogen-bond acceptors (Lipinski definition) is 6. The van der Waals surface area contributed by atoms with Crippen molar-refractivity contribution in [2.24, 2.45) is 7.05 Å². The van der Waals surface area contributed by atoms with Gasteiger partial charge in [0.2, 0.25) is 0 Å². The number of ether oxygens (including phenoxy) is 1. The molecule has 6 nitrogen and oxygen atoms in total. The second-order valence-corrected chi connectivity index (χ2v) is 7.48. The van der Waals surface area contributed by atoms with Gasteiger partial charge in [0.15, 0.2) is 10.3 Å². The molecule has 2 aromatic rings. The van der Waals surface area contributed by atoms with Gasteiger partial charge in [-0.25, -0.2) is 9.97 Å². The Morgan fingerprint density at radius 1 is 1.22 bits per heavy atom. The van der Waals surface area contributed by atoms with Crippen LogP contribution in [0.5, 0.6) is 0 Å². The summed E-state index contributed by atoms with van der Waals surface area (Å²) < 4.78 is 7.05. The van der Waals surface area contributed by atoms with Crippen LogP contribution in [-0.2, 0) is 18.3 Å². The lowest BCUT2D eigenvalue weighted by Gasteiger charge is -2.26. The summed E-state index contributed by atoms with van der Waals surface area (Å²) in [4.78, 5) is 25.1. The van der Waals surface area contributed by atoms with Crippen molar-refractivity contribution in [1.82, 2.24) is 19.4 Å². The van der Waals surface area contributed by atoms with Gasteiger partial charge in [0.05, 0.1) is 24.8 Å². The van der Waals surface area contributed by atoms with E-state index in [0.717, 1.165) is 42.0 Å². The first-order valence-electron chi connectivity index (χ1n) is 8.39. The lowest BCUT2D eigenvalue weighted by Crippen LogP contribution is -2.37. The molecular formula is C16H22N4O2S. The highest BCUT2D eigenvalue weighted by molar-refractivity contribution is 7.18. The van der Waals surface area contributed by atoms with E-state index in [1.165, 1.54) is 25.7 Å². The van der Waals surface area contributed by atoms with Crippen molar-refractivity contribution in [3.63, 3.8) is 0 Å². The molecule has 1 aliphatic carbocycles. The summed E-state index contributed by atoms with van der Waals surface area (Å²) in [6.45, 7) is 3.99. The molecule has 1 saturated heterocycles. The van der Waals surface area contributed by atoms with Crippen LogP contribution < -0.4 is 5.56 Å². The van der Waals surface area contributed by atoms with Crippen LogP contribution in [0.2, 0.25) is 0 Å². The monoisotopic (exact) mass is 334 g/mol. The van der Waals surface area contributed by atoms with E-state index in [1.807, 2.05) is 0 Å². The van der Waals surface area contributed by atoms with Crippen molar-refractivity contribution in [2.75, 3.05) is 26.3 Å². The lowest BCUT2D eigenvalue weighted by atomic mass is 10.1. The standard InChI is InChI=1S/C16H22N4O2S/c1-19-12(10-20-6-8-22-9-7-20)17-15-13(16(19)21)18-14(23-15)11-4-2-3-5-11/h11H,2-10H2,1H3. The Labute approximate surface area is 139 Å². The van der Waals surface area contributed by atoms with Gasteiger partial charge in [-0.3, -0.25) is 14.3 Å². The molecule has 0 spiro atoms. The van der Waals surface area contributed by atoms with Gasteiger partial charge in [-0.1, -0.05) is 24.2 Å². The number of fused-ring (bicyclic) bond motifs is 1. The number of aromatic nitrogens is 3. The molecule has 7 heteroatoms. The molecule has 1 aliphatic heterocycles. The summed E-state index contributed by atoms with van der Waals surface area (Å²) in [6.07, 6.45) is 4.93. The number of morpholine rings is 1. The fourth-order valence-corrected chi connectivity index (χ4v) is 4.58. The van der Waals surface area contributed by atoms with Gasteiger partial charge in [0, 0.05) is 26.1 Å². The Kier molecular flexibility index (Phi) is 4.17. The Morgan fingerprint density at radius 2 is 1.96 bits per heavy atom. The van der Waals surface area contributed by atoms with E-state index in [9.17, 15) is 4.79 Å². The fraction of sp³-hybridized carbons (Fsp3) is 0.688. The first-order valence-corrected chi connectivity index (χ1v) is 9.20. The molecule has 0 bridgehead atoms. The van der Waals surface area contributed by atoms with Crippen molar-refractivity contribution in [2.45, 2.75) is 38.1 Å². The highest BCUT2D eigenvalue weighted by atomic mass is 32.1. The topological polar surface area (TPSA) is 60.2 Å². The van der Waals surface area contributed by atoms with Gasteiger partial charge < -0.3 is 4.74 Å². The quantitative estimate of drug-likeness (QED) is 0.858. The highest BCUT2D eigenvalue weighted by Gasteiger charge is 2.23. The van der Waals surface area contributed by atoms with E-state index < -0.39 is 0 Å². The minimum Gasteiger partial charge on any atom is -0.379 e. The molecule has 0 N–H and O–H groups in total. The first-order chi connectivity index (χ1) is 11.2. The van der Waals surface area contributed by atoms with Crippen LogP contribution in [0.4, 0.5) is 0 Å². The van der Waals surface area contributed by atoms with Crippen LogP contribution in [-0.4, -0.2) is 45.7 Å². The average molecular weight is 334 g/mol. The number of nitrogens with zero attached hydrogens (tertiary/aromatic N) is 4. The predicted molar refractivity (Wildman–Crippen MR) is 90.0 cm³/mol. The molecule has 0 aromatic carbocycles. The summed E-state index contributed by atoms with van der Waals surface area (Å²) in [7, 11) is 1.80. The highest BCUT2D eigenvalue weighted by Crippen LogP contribution is 2.37. The first kappa shape index (κ1) is 15.2. The van der Waals surface area contributed by atoms with E-state index in [1.54, 1.807) is 23.0 Å². The Hall–Kier alpha value is -1.31. The lowest BCUT2D eigenvalue weighted by molar-refractivity contribution is 0.0326. The fourth-order valence-electron chi connectivity index (χ4n) is 3.46. The van der Waals surface area contributed by atoms with Gasteiger partial charge in [-0.2, -0.15) is 0 Å². The normalized spacial score (nSPS) is 20.6. The van der Waals surface area contributed by atoms with Crippen LogP contribution in [0, 0.1) is 0 Å². The maximum absolute atomic E-state index is 12.6. The molecule has 2 aliphatic rings. The van der Waals surface area contributed by atoms with Crippen LogP contribution in [0.15, 0.2) is 4.79 Å². The Balaban J connectivity index is 1.68. The zero-order valence-electron chi connectivity index (χ0n) is 13.5. The zero-order chi connectivity index (χ0) is 15.8. The molecule has 0 unspecified atom stereocenters. The van der Waals surface area contributed by atoms with Gasteiger partial charge in [0.25, 0.3) is 5.56 Å². The molecular weight excluding hydrogens is 312 g/mol. The van der Waals surface area contributed by atoms with Crippen molar-refractivity contribution in [3.05, 3.63) is 21.2 Å². The number of thiazole rings is 1. The molecule has 3 heterocycles. The maximum Gasteiger partial charge on any atom is 0.280 e. The molecule has 124 valence electrons. The molecule has 0 atom stereocenters. The Morgan fingerprint density at radius 3 is 2.70 bits per heavy atom. The summed E-state index contributed by atoms with van der Waals surface area (Å²) in [6, 6.07) is 0. The van der Waals surface area contributed by atoms with E-state index in [4.69, 9.17) is 9.72 Å². The van der Waals surface area contributed by atoms with Crippen molar-refractivity contribution < 1.29 is 4.74 Å². The summed E-state index contributed by atoms with van der Waals surface area (Å²) in [5.74, 6) is 1.35. The van der Waals surface area contributed by atoms with Gasteiger partial charge in [-0.15, -0.1) is 0 Å². The Bertz CT molecular complexity index is 757. The van der Waals surface area contributed by atoms with Crippen LogP contribution in [0.25, 0.3) is 10.3 Å². The third-order valence-electron chi connectivity index (χ3n) is 4.92. The predicted octanol–water partition coefficient (Wildman–Crippen LogP) is 1.88. The van der Waals surface area contributed by atoms with E-state index in [-0.39, 0.29) is 5.56 Å². The number of rotatable bonds is 3.